The Bertz CT molecular complexity index is 793. The Morgan fingerprint density at radius 1 is 1.00 bits per heavy atom. The topological polar surface area (TPSA) is 9.23 Å². The number of halogens is 3. The third kappa shape index (κ3) is 5.80. The summed E-state index contributed by atoms with van der Waals surface area (Å²) in [5.41, 5.74) is 2.34. The monoisotopic (exact) mass is 418 g/mol. The first kappa shape index (κ1) is 22.7. The Hall–Kier alpha value is -1.97. The van der Waals surface area contributed by atoms with E-state index in [1.807, 2.05) is 0 Å². The second-order valence-corrected chi connectivity index (χ2v) is 8.61. The van der Waals surface area contributed by atoms with E-state index in [4.69, 9.17) is 4.74 Å². The van der Waals surface area contributed by atoms with E-state index in [-0.39, 0.29) is 11.3 Å². The van der Waals surface area contributed by atoms with Crippen LogP contribution in [-0.2, 0) is 6.42 Å². The first-order valence-corrected chi connectivity index (χ1v) is 11.3. The van der Waals surface area contributed by atoms with E-state index in [9.17, 15) is 13.2 Å². The summed E-state index contributed by atoms with van der Waals surface area (Å²) in [4.78, 5) is 0. The largest absolute Gasteiger partial charge is 0.490 e. The molecule has 2 aromatic rings. The molecule has 0 amide bonds. The maximum absolute atomic E-state index is 14.2. The van der Waals surface area contributed by atoms with Crippen LogP contribution < -0.4 is 4.74 Å². The highest BCUT2D eigenvalue weighted by Gasteiger charge is 2.22. The first-order chi connectivity index (χ1) is 14.5. The molecule has 0 aromatic heterocycles. The number of aryl methyl sites for hydroxylation is 2. The molecular formula is C26H33F3O. The zero-order valence-corrected chi connectivity index (χ0v) is 18.1. The van der Waals surface area contributed by atoms with Crippen LogP contribution >= 0.6 is 0 Å². The molecule has 1 saturated carbocycles. The summed E-state index contributed by atoms with van der Waals surface area (Å²) >= 11 is 0. The van der Waals surface area contributed by atoms with Crippen LogP contribution in [0.15, 0.2) is 36.4 Å². The van der Waals surface area contributed by atoms with Gasteiger partial charge in [-0.15, -0.1) is 0 Å². The van der Waals surface area contributed by atoms with E-state index in [0.717, 1.165) is 12.3 Å². The summed E-state index contributed by atoms with van der Waals surface area (Å²) in [5, 5.41) is 0. The molecule has 2 aromatic carbocycles. The van der Waals surface area contributed by atoms with E-state index in [1.54, 1.807) is 0 Å². The Morgan fingerprint density at radius 2 is 1.70 bits per heavy atom. The highest BCUT2D eigenvalue weighted by Crippen LogP contribution is 2.37. The molecule has 0 aliphatic heterocycles. The molecule has 0 heterocycles. The summed E-state index contributed by atoms with van der Waals surface area (Å²) in [6, 6.07) is 11.8. The van der Waals surface area contributed by atoms with Gasteiger partial charge >= 0.3 is 0 Å². The summed E-state index contributed by atoms with van der Waals surface area (Å²) < 4.78 is 45.7. The predicted octanol–water partition coefficient (Wildman–Crippen LogP) is 8.16. The number of ether oxygens (including phenoxy) is 1. The fraction of sp³-hybridized carbons (Fsp3) is 0.538. The van der Waals surface area contributed by atoms with Crippen molar-refractivity contribution in [3.63, 3.8) is 0 Å². The van der Waals surface area contributed by atoms with Gasteiger partial charge in [-0.2, -0.15) is 0 Å². The third-order valence-electron chi connectivity index (χ3n) is 6.44. The fourth-order valence-corrected chi connectivity index (χ4v) is 4.66. The smallest absolute Gasteiger partial charge is 0.267 e. The van der Waals surface area contributed by atoms with Gasteiger partial charge in [-0.1, -0.05) is 50.1 Å². The van der Waals surface area contributed by atoms with Gasteiger partial charge in [0.05, 0.1) is 12.2 Å². The van der Waals surface area contributed by atoms with E-state index in [2.05, 4.69) is 31.2 Å². The van der Waals surface area contributed by atoms with Crippen molar-refractivity contribution in [3.8, 4) is 5.75 Å². The Kier molecular flexibility index (Phi) is 8.24. The van der Waals surface area contributed by atoms with Crippen LogP contribution in [0, 0.1) is 18.7 Å². The fourth-order valence-electron chi connectivity index (χ4n) is 4.66. The maximum atomic E-state index is 14.2. The molecule has 3 rings (SSSR count). The van der Waals surface area contributed by atoms with Crippen LogP contribution in [-0.4, -0.2) is 6.61 Å². The van der Waals surface area contributed by atoms with Crippen molar-refractivity contribution in [1.29, 1.82) is 0 Å². The normalized spacial score (nSPS) is 19.3. The SMILES string of the molecule is CCCC1CCC(c2ccc(CCCOc3ccc(C)c(C(F)F)c3F)cc2)CC1. The lowest BCUT2D eigenvalue weighted by Crippen LogP contribution is -2.13. The Morgan fingerprint density at radius 3 is 2.33 bits per heavy atom. The van der Waals surface area contributed by atoms with Gasteiger partial charge < -0.3 is 4.74 Å². The van der Waals surface area contributed by atoms with Crippen molar-refractivity contribution in [2.24, 2.45) is 5.92 Å². The third-order valence-corrected chi connectivity index (χ3v) is 6.44. The van der Waals surface area contributed by atoms with Crippen molar-refractivity contribution in [2.45, 2.75) is 77.6 Å². The second-order valence-electron chi connectivity index (χ2n) is 8.61. The van der Waals surface area contributed by atoms with Crippen molar-refractivity contribution in [1.82, 2.24) is 0 Å². The zero-order chi connectivity index (χ0) is 21.5. The van der Waals surface area contributed by atoms with Gasteiger partial charge in [0.25, 0.3) is 6.43 Å². The molecule has 164 valence electrons. The molecule has 0 saturated heterocycles. The lowest BCUT2D eigenvalue weighted by atomic mass is 9.77. The molecule has 1 aliphatic carbocycles. The average Bonchev–Trinajstić information content (AvgIpc) is 2.74. The predicted molar refractivity (Wildman–Crippen MR) is 116 cm³/mol. The van der Waals surface area contributed by atoms with Crippen molar-refractivity contribution < 1.29 is 17.9 Å². The molecule has 0 radical (unpaired) electrons. The molecular weight excluding hydrogens is 385 g/mol. The standard InChI is InChI=1S/C26H33F3O/c1-3-5-19-8-12-21(13-9-19)22-14-10-20(11-15-22)6-4-17-30-23-16-7-18(2)24(25(23)27)26(28)29/h7,10-11,14-16,19,21,26H,3-6,8-9,12-13,17H2,1-2H3. The van der Waals surface area contributed by atoms with E-state index >= 15 is 0 Å². The molecule has 1 fully saturated rings. The van der Waals surface area contributed by atoms with Crippen LogP contribution in [0.2, 0.25) is 0 Å². The van der Waals surface area contributed by atoms with Gasteiger partial charge in [-0.25, -0.2) is 13.2 Å². The van der Waals surface area contributed by atoms with Gasteiger partial charge in [-0.3, -0.25) is 0 Å². The highest BCUT2D eigenvalue weighted by molar-refractivity contribution is 5.37. The van der Waals surface area contributed by atoms with Crippen LogP contribution in [0.25, 0.3) is 0 Å². The van der Waals surface area contributed by atoms with Crippen molar-refractivity contribution in [3.05, 3.63) is 64.5 Å². The zero-order valence-electron chi connectivity index (χ0n) is 18.1. The van der Waals surface area contributed by atoms with Crippen LogP contribution in [0.4, 0.5) is 13.2 Å². The number of hydrogen-bond donors (Lipinski definition) is 0. The molecule has 1 nitrogen and oxygen atoms in total. The van der Waals surface area contributed by atoms with Gasteiger partial charge in [0.15, 0.2) is 11.6 Å². The summed E-state index contributed by atoms with van der Waals surface area (Å²) in [6.07, 6.45) is 6.62. The van der Waals surface area contributed by atoms with Crippen molar-refractivity contribution >= 4 is 0 Å². The maximum Gasteiger partial charge on any atom is 0.267 e. The number of alkyl halides is 2. The lowest BCUT2D eigenvalue weighted by Gasteiger charge is -2.28. The first-order valence-electron chi connectivity index (χ1n) is 11.3. The molecule has 0 N–H and O–H groups in total. The quantitative estimate of drug-likeness (QED) is 0.373. The summed E-state index contributed by atoms with van der Waals surface area (Å²) in [5.74, 6) is 0.567. The molecule has 0 bridgehead atoms. The molecule has 0 atom stereocenters. The van der Waals surface area contributed by atoms with E-state index in [0.29, 0.717) is 18.9 Å². The molecule has 4 heteroatoms. The molecule has 1 aliphatic rings. The molecule has 0 unspecified atom stereocenters. The van der Waals surface area contributed by atoms with Gasteiger partial charge in [0.1, 0.15) is 0 Å². The lowest BCUT2D eigenvalue weighted by molar-refractivity contribution is 0.144. The number of hydrogen-bond acceptors (Lipinski definition) is 1. The minimum atomic E-state index is -2.84. The van der Waals surface area contributed by atoms with Gasteiger partial charge in [0, 0.05) is 0 Å². The number of rotatable bonds is 9. The average molecular weight is 419 g/mol. The van der Waals surface area contributed by atoms with Gasteiger partial charge in [0.2, 0.25) is 0 Å². The van der Waals surface area contributed by atoms with Crippen molar-refractivity contribution in [2.75, 3.05) is 6.61 Å². The summed E-state index contributed by atoms with van der Waals surface area (Å²) in [6.45, 7) is 4.05. The summed E-state index contributed by atoms with van der Waals surface area (Å²) in [7, 11) is 0. The van der Waals surface area contributed by atoms with Crippen LogP contribution in [0.3, 0.4) is 0 Å². The Balaban J connectivity index is 1.46. The minimum absolute atomic E-state index is 0.0927. The van der Waals surface area contributed by atoms with Gasteiger partial charge in [-0.05, 0) is 80.0 Å². The molecule has 30 heavy (non-hydrogen) atoms. The van der Waals surface area contributed by atoms with E-state index in [1.165, 1.54) is 68.7 Å². The molecule has 0 spiro atoms. The minimum Gasteiger partial charge on any atom is -0.490 e. The Labute approximate surface area is 178 Å². The number of benzene rings is 2. The second kappa shape index (κ2) is 10.9. The van der Waals surface area contributed by atoms with E-state index < -0.39 is 17.8 Å². The van der Waals surface area contributed by atoms with Crippen LogP contribution in [0.5, 0.6) is 5.75 Å². The highest BCUT2D eigenvalue weighted by atomic mass is 19.3. The van der Waals surface area contributed by atoms with Crippen LogP contribution in [0.1, 0.15) is 86.5 Å².